The molecule has 1 fully saturated rings. The van der Waals surface area contributed by atoms with E-state index in [2.05, 4.69) is 5.32 Å². The van der Waals surface area contributed by atoms with Gasteiger partial charge in [-0.2, -0.15) is 0 Å². The average Bonchev–Trinajstić information content (AvgIpc) is 2.26. The van der Waals surface area contributed by atoms with Gasteiger partial charge in [0.25, 0.3) is 0 Å². The predicted molar refractivity (Wildman–Crippen MR) is 65.4 cm³/mol. The molecule has 1 rings (SSSR count). The van der Waals surface area contributed by atoms with E-state index in [1.54, 1.807) is 0 Å². The van der Waals surface area contributed by atoms with Crippen LogP contribution in [0.1, 0.15) is 32.6 Å². The van der Waals surface area contributed by atoms with Crippen LogP contribution in [-0.4, -0.2) is 45.7 Å². The van der Waals surface area contributed by atoms with E-state index in [1.807, 2.05) is 6.92 Å². The lowest BCUT2D eigenvalue weighted by molar-refractivity contribution is 0.115. The van der Waals surface area contributed by atoms with Crippen LogP contribution < -0.4 is 5.32 Å². The van der Waals surface area contributed by atoms with Crippen molar-refractivity contribution in [2.75, 3.05) is 31.3 Å². The van der Waals surface area contributed by atoms with Crippen molar-refractivity contribution in [1.29, 1.82) is 0 Å². The van der Waals surface area contributed by atoms with E-state index in [0.29, 0.717) is 25.7 Å². The summed E-state index contributed by atoms with van der Waals surface area (Å²) in [6.45, 7) is 3.91. The highest BCUT2D eigenvalue weighted by Crippen LogP contribution is 2.07. The molecule has 1 saturated heterocycles. The second kappa shape index (κ2) is 7.25. The Labute approximate surface area is 98.7 Å². The van der Waals surface area contributed by atoms with Crippen LogP contribution in [0.25, 0.3) is 0 Å². The molecule has 0 spiro atoms. The summed E-state index contributed by atoms with van der Waals surface area (Å²) < 4.78 is 28.2. The van der Waals surface area contributed by atoms with Crippen LogP contribution in [-0.2, 0) is 14.6 Å². The molecule has 1 aliphatic heterocycles. The standard InChI is InChI=1S/C11H23NO3S/c1-2-8-16(13,14)9-7-15-10-11-5-3-4-6-12-11/h11-12H,2-10H2,1H3. The monoisotopic (exact) mass is 249 g/mol. The first-order chi connectivity index (χ1) is 7.64. The van der Waals surface area contributed by atoms with Crippen molar-refractivity contribution < 1.29 is 13.2 Å². The van der Waals surface area contributed by atoms with Crippen molar-refractivity contribution in [1.82, 2.24) is 5.32 Å². The lowest BCUT2D eigenvalue weighted by atomic mass is 10.1. The molecule has 4 nitrogen and oxygen atoms in total. The van der Waals surface area contributed by atoms with E-state index < -0.39 is 9.84 Å². The van der Waals surface area contributed by atoms with Crippen LogP contribution in [0.3, 0.4) is 0 Å². The van der Waals surface area contributed by atoms with E-state index in [4.69, 9.17) is 4.74 Å². The maximum Gasteiger partial charge on any atom is 0.152 e. The van der Waals surface area contributed by atoms with Gasteiger partial charge in [0.15, 0.2) is 9.84 Å². The molecule has 0 amide bonds. The first-order valence-corrected chi connectivity index (χ1v) is 7.98. The average molecular weight is 249 g/mol. The molecule has 0 bridgehead atoms. The Morgan fingerprint density at radius 2 is 2.12 bits per heavy atom. The van der Waals surface area contributed by atoms with Gasteiger partial charge >= 0.3 is 0 Å². The Bertz CT molecular complexity index is 271. The van der Waals surface area contributed by atoms with Crippen LogP contribution in [0.4, 0.5) is 0 Å². The number of rotatable bonds is 7. The normalized spacial score (nSPS) is 22.2. The third kappa shape index (κ3) is 5.82. The van der Waals surface area contributed by atoms with Gasteiger partial charge in [0.1, 0.15) is 0 Å². The molecule has 96 valence electrons. The molecule has 0 aromatic carbocycles. The highest BCUT2D eigenvalue weighted by atomic mass is 32.2. The maximum atomic E-state index is 11.4. The fourth-order valence-corrected chi connectivity index (χ4v) is 3.09. The predicted octanol–water partition coefficient (Wildman–Crippen LogP) is 0.970. The molecular weight excluding hydrogens is 226 g/mol. The minimum absolute atomic E-state index is 0.160. The van der Waals surface area contributed by atoms with E-state index in [0.717, 1.165) is 13.0 Å². The first-order valence-electron chi connectivity index (χ1n) is 6.15. The van der Waals surface area contributed by atoms with Crippen molar-refractivity contribution in [3.63, 3.8) is 0 Å². The van der Waals surface area contributed by atoms with Gasteiger partial charge in [0.05, 0.1) is 19.0 Å². The number of hydrogen-bond acceptors (Lipinski definition) is 4. The topological polar surface area (TPSA) is 55.4 Å². The fourth-order valence-electron chi connectivity index (χ4n) is 1.89. The summed E-state index contributed by atoms with van der Waals surface area (Å²) in [5.74, 6) is 0.436. The lowest BCUT2D eigenvalue weighted by Crippen LogP contribution is -2.38. The second-order valence-corrected chi connectivity index (χ2v) is 6.68. The Kier molecular flexibility index (Phi) is 6.31. The molecule has 0 aromatic rings. The van der Waals surface area contributed by atoms with Crippen LogP contribution in [0.15, 0.2) is 0 Å². The van der Waals surface area contributed by atoms with Crippen molar-refractivity contribution in [3.8, 4) is 0 Å². The van der Waals surface area contributed by atoms with Crippen molar-refractivity contribution in [3.05, 3.63) is 0 Å². The summed E-state index contributed by atoms with van der Waals surface area (Å²) in [5, 5.41) is 3.37. The van der Waals surface area contributed by atoms with Gasteiger partial charge < -0.3 is 10.1 Å². The van der Waals surface area contributed by atoms with Gasteiger partial charge in [0.2, 0.25) is 0 Å². The van der Waals surface area contributed by atoms with Crippen LogP contribution >= 0.6 is 0 Å². The minimum atomic E-state index is -2.88. The third-order valence-electron chi connectivity index (χ3n) is 2.79. The van der Waals surface area contributed by atoms with E-state index in [9.17, 15) is 8.42 Å². The molecule has 1 atom stereocenters. The number of piperidine rings is 1. The summed E-state index contributed by atoms with van der Waals surface area (Å²) in [6, 6.07) is 0.419. The quantitative estimate of drug-likeness (QED) is 0.683. The van der Waals surface area contributed by atoms with Gasteiger partial charge in [-0.25, -0.2) is 8.42 Å². The highest BCUT2D eigenvalue weighted by molar-refractivity contribution is 7.91. The summed E-state index contributed by atoms with van der Waals surface area (Å²) in [7, 11) is -2.88. The number of ether oxygens (including phenoxy) is 1. The molecule has 1 aliphatic rings. The van der Waals surface area contributed by atoms with Gasteiger partial charge in [-0.3, -0.25) is 0 Å². The highest BCUT2D eigenvalue weighted by Gasteiger charge is 2.13. The van der Waals surface area contributed by atoms with Gasteiger partial charge in [-0.15, -0.1) is 0 Å². The zero-order valence-corrected chi connectivity index (χ0v) is 10.9. The van der Waals surface area contributed by atoms with Crippen LogP contribution in [0, 0.1) is 0 Å². The molecule has 0 aliphatic carbocycles. The van der Waals surface area contributed by atoms with Crippen molar-refractivity contribution in [2.45, 2.75) is 38.6 Å². The Morgan fingerprint density at radius 1 is 1.31 bits per heavy atom. The molecule has 0 saturated carbocycles. The zero-order valence-electron chi connectivity index (χ0n) is 10.1. The smallest absolute Gasteiger partial charge is 0.152 e. The van der Waals surface area contributed by atoms with Crippen LogP contribution in [0.5, 0.6) is 0 Å². The third-order valence-corrected chi connectivity index (χ3v) is 4.60. The zero-order chi connectivity index (χ0) is 11.9. The number of sulfone groups is 1. The first kappa shape index (κ1) is 13.9. The van der Waals surface area contributed by atoms with Crippen molar-refractivity contribution >= 4 is 9.84 Å². The van der Waals surface area contributed by atoms with E-state index in [-0.39, 0.29) is 11.5 Å². The van der Waals surface area contributed by atoms with Gasteiger partial charge in [-0.1, -0.05) is 13.3 Å². The lowest BCUT2D eigenvalue weighted by Gasteiger charge is -2.23. The minimum Gasteiger partial charge on any atom is -0.379 e. The molecule has 1 N–H and O–H groups in total. The molecule has 0 aromatic heterocycles. The maximum absolute atomic E-state index is 11.4. The van der Waals surface area contributed by atoms with Crippen molar-refractivity contribution in [2.24, 2.45) is 0 Å². The molecule has 1 heterocycles. The Hall–Kier alpha value is -0.130. The largest absolute Gasteiger partial charge is 0.379 e. The second-order valence-electron chi connectivity index (χ2n) is 4.37. The fraction of sp³-hybridized carbons (Fsp3) is 1.00. The summed E-state index contributed by atoms with van der Waals surface area (Å²) in [4.78, 5) is 0. The van der Waals surface area contributed by atoms with E-state index >= 15 is 0 Å². The van der Waals surface area contributed by atoms with Gasteiger partial charge in [0, 0.05) is 11.8 Å². The number of hydrogen-bond donors (Lipinski definition) is 1. The molecular formula is C11H23NO3S. The Balaban J connectivity index is 2.06. The van der Waals surface area contributed by atoms with Gasteiger partial charge in [-0.05, 0) is 25.8 Å². The Morgan fingerprint density at radius 3 is 2.75 bits per heavy atom. The summed E-state index contributed by atoms with van der Waals surface area (Å²) in [5.41, 5.74) is 0. The molecule has 1 unspecified atom stereocenters. The molecule has 5 heteroatoms. The molecule has 0 radical (unpaired) electrons. The SMILES string of the molecule is CCCS(=O)(=O)CCOCC1CCCCN1. The number of nitrogens with one attached hydrogen (secondary N) is 1. The van der Waals surface area contributed by atoms with Crippen LogP contribution in [0.2, 0.25) is 0 Å². The summed E-state index contributed by atoms with van der Waals surface area (Å²) >= 11 is 0. The summed E-state index contributed by atoms with van der Waals surface area (Å²) in [6.07, 6.45) is 4.31. The van der Waals surface area contributed by atoms with E-state index in [1.165, 1.54) is 12.8 Å². The molecule has 16 heavy (non-hydrogen) atoms.